The molecule has 0 N–H and O–H groups in total. The van der Waals surface area contributed by atoms with Gasteiger partial charge in [0, 0.05) is 24.2 Å². The maximum atomic E-state index is 12.1. The quantitative estimate of drug-likeness (QED) is 0.621. The van der Waals surface area contributed by atoms with Gasteiger partial charge in [-0.15, -0.1) is 0 Å². The minimum absolute atomic E-state index is 0.0589. The summed E-state index contributed by atoms with van der Waals surface area (Å²) >= 11 is 0. The van der Waals surface area contributed by atoms with Crippen LogP contribution in [0.25, 0.3) is 0 Å². The molecule has 7 rings (SSSR count). The second kappa shape index (κ2) is 4.31. The van der Waals surface area contributed by atoms with Crippen molar-refractivity contribution in [1.82, 2.24) is 0 Å². The third kappa shape index (κ3) is 1.49. The van der Waals surface area contributed by atoms with Crippen LogP contribution in [-0.4, -0.2) is 17.4 Å². The van der Waals surface area contributed by atoms with E-state index in [2.05, 4.69) is 13.0 Å². The summed E-state index contributed by atoms with van der Waals surface area (Å²) in [6, 6.07) is 0. The molecular weight excluding hydrogens is 324 g/mol. The number of ether oxygens (including phenoxy) is 1. The van der Waals surface area contributed by atoms with Gasteiger partial charge in [-0.05, 0) is 86.0 Å². The molecule has 0 amide bonds. The van der Waals surface area contributed by atoms with Crippen molar-refractivity contribution in [2.45, 2.75) is 63.9 Å². The molecule has 6 fully saturated rings. The first-order valence-electron chi connectivity index (χ1n) is 11.0. The van der Waals surface area contributed by atoms with E-state index in [1.807, 2.05) is 0 Å². The highest BCUT2D eigenvalue weighted by atomic mass is 16.6. The fourth-order valence-corrected chi connectivity index (χ4v) is 9.35. The van der Waals surface area contributed by atoms with Crippen LogP contribution in [0, 0.1) is 52.8 Å². The Labute approximate surface area is 154 Å². The molecule has 10 atom stereocenters. The highest BCUT2D eigenvalue weighted by molar-refractivity contribution is 5.91. The zero-order valence-corrected chi connectivity index (χ0v) is 15.6. The Bertz CT molecular complexity index is 782. The van der Waals surface area contributed by atoms with Gasteiger partial charge in [-0.3, -0.25) is 9.59 Å². The fraction of sp³-hybridized carbons (Fsp3) is 0.826. The lowest BCUT2D eigenvalue weighted by Crippen LogP contribution is -2.55. The molecule has 0 aromatic carbocycles. The Balaban J connectivity index is 1.31. The molecular formula is C23H28O3. The minimum atomic E-state index is -0.118. The molecule has 7 aliphatic rings. The number of carbonyl (C=O) groups excluding carboxylic acids is 2. The van der Waals surface area contributed by atoms with Gasteiger partial charge in [-0.1, -0.05) is 12.5 Å². The van der Waals surface area contributed by atoms with Crippen LogP contribution >= 0.6 is 0 Å². The summed E-state index contributed by atoms with van der Waals surface area (Å²) in [6.45, 7) is 2.49. The number of esters is 1. The summed E-state index contributed by atoms with van der Waals surface area (Å²) < 4.78 is 6.19. The number of fused-ring (bicyclic) bond motifs is 12. The summed E-state index contributed by atoms with van der Waals surface area (Å²) in [5.74, 6) is 6.54. The molecule has 3 heteroatoms. The third-order valence-electron chi connectivity index (χ3n) is 10.2. The number of ketones is 1. The number of carbonyl (C=O) groups is 2. The highest BCUT2D eigenvalue weighted by Gasteiger charge is 2.80. The summed E-state index contributed by atoms with van der Waals surface area (Å²) in [4.78, 5) is 24.1. The van der Waals surface area contributed by atoms with Crippen molar-refractivity contribution < 1.29 is 14.3 Å². The third-order valence-corrected chi connectivity index (χ3v) is 10.2. The van der Waals surface area contributed by atoms with Gasteiger partial charge in [0.2, 0.25) is 0 Å². The van der Waals surface area contributed by atoms with Crippen LogP contribution in [-0.2, 0) is 14.3 Å². The molecule has 0 radical (unpaired) electrons. The van der Waals surface area contributed by atoms with Crippen LogP contribution < -0.4 is 0 Å². The van der Waals surface area contributed by atoms with Crippen molar-refractivity contribution in [3.63, 3.8) is 0 Å². The van der Waals surface area contributed by atoms with Gasteiger partial charge >= 0.3 is 5.97 Å². The van der Waals surface area contributed by atoms with E-state index in [0.717, 1.165) is 48.9 Å². The Morgan fingerprint density at radius 2 is 1.88 bits per heavy atom. The SMILES string of the molecule is C[C@]12CCC3C(C4CC4C4=CC(=O)CC[C@@H]43)C1C1CC1[C@@]21CCC(=O)O1. The Hall–Kier alpha value is -1.12. The first-order chi connectivity index (χ1) is 12.5. The topological polar surface area (TPSA) is 43.4 Å². The van der Waals surface area contributed by atoms with Gasteiger partial charge in [0.25, 0.3) is 0 Å². The van der Waals surface area contributed by atoms with Crippen molar-refractivity contribution in [2.24, 2.45) is 52.8 Å². The van der Waals surface area contributed by atoms with Crippen molar-refractivity contribution in [1.29, 1.82) is 0 Å². The largest absolute Gasteiger partial charge is 0.458 e. The molecule has 1 saturated heterocycles. The van der Waals surface area contributed by atoms with Crippen LogP contribution in [0.3, 0.4) is 0 Å². The molecule has 138 valence electrons. The Morgan fingerprint density at radius 3 is 2.69 bits per heavy atom. The second-order valence-electron chi connectivity index (χ2n) is 10.9. The van der Waals surface area contributed by atoms with Crippen LogP contribution in [0.4, 0.5) is 0 Å². The zero-order valence-electron chi connectivity index (χ0n) is 15.6. The molecule has 0 aromatic heterocycles. The van der Waals surface area contributed by atoms with Crippen LogP contribution in [0.5, 0.6) is 0 Å². The highest BCUT2D eigenvalue weighted by Crippen LogP contribution is 2.81. The molecule has 0 bridgehead atoms. The zero-order chi connectivity index (χ0) is 17.4. The molecule has 7 unspecified atom stereocenters. The summed E-state index contributed by atoms with van der Waals surface area (Å²) in [5.41, 5.74) is 1.64. The van der Waals surface area contributed by atoms with Crippen molar-refractivity contribution in [3.8, 4) is 0 Å². The number of hydrogen-bond acceptors (Lipinski definition) is 3. The van der Waals surface area contributed by atoms with Gasteiger partial charge in [0.05, 0.1) is 0 Å². The van der Waals surface area contributed by atoms with E-state index in [-0.39, 0.29) is 17.0 Å². The molecule has 1 heterocycles. The molecule has 0 aromatic rings. The molecule has 26 heavy (non-hydrogen) atoms. The molecule has 1 spiro atoms. The fourth-order valence-electron chi connectivity index (χ4n) is 9.35. The normalized spacial score (nSPS) is 61.0. The smallest absolute Gasteiger partial charge is 0.306 e. The van der Waals surface area contributed by atoms with E-state index in [4.69, 9.17) is 4.74 Å². The van der Waals surface area contributed by atoms with Gasteiger partial charge in [0.15, 0.2) is 5.78 Å². The van der Waals surface area contributed by atoms with E-state index in [1.54, 1.807) is 5.57 Å². The average Bonchev–Trinajstić information content (AvgIpc) is 3.51. The lowest BCUT2D eigenvalue weighted by Gasteiger charge is -2.57. The summed E-state index contributed by atoms with van der Waals surface area (Å²) in [7, 11) is 0. The average molecular weight is 352 g/mol. The van der Waals surface area contributed by atoms with Gasteiger partial charge in [0.1, 0.15) is 5.60 Å². The van der Waals surface area contributed by atoms with E-state index in [9.17, 15) is 9.59 Å². The first kappa shape index (κ1) is 14.9. The maximum absolute atomic E-state index is 12.1. The predicted octanol–water partition coefficient (Wildman–Crippen LogP) is 3.92. The molecule has 1 aliphatic heterocycles. The minimum Gasteiger partial charge on any atom is -0.458 e. The van der Waals surface area contributed by atoms with Crippen molar-refractivity contribution in [3.05, 3.63) is 11.6 Å². The molecule has 5 saturated carbocycles. The molecule has 6 aliphatic carbocycles. The standard InChI is InChI=1S/C23H28O3/c1-22-6-4-13-12-3-2-11(24)8-14(12)15-9-16(15)20(13)21(22)17-10-18(17)23(22)7-5-19(25)26-23/h8,12-13,15-18,20-21H,2-7,9-10H2,1H3/t12-,13?,15?,16?,17?,18?,20?,21?,22+,23+/m1/s1. The van der Waals surface area contributed by atoms with E-state index < -0.39 is 0 Å². The Morgan fingerprint density at radius 1 is 1.00 bits per heavy atom. The van der Waals surface area contributed by atoms with E-state index in [0.29, 0.717) is 30.0 Å². The van der Waals surface area contributed by atoms with Gasteiger partial charge in [-0.25, -0.2) is 0 Å². The van der Waals surface area contributed by atoms with Crippen LogP contribution in [0.15, 0.2) is 11.6 Å². The van der Waals surface area contributed by atoms with E-state index >= 15 is 0 Å². The number of hydrogen-bond donors (Lipinski definition) is 0. The van der Waals surface area contributed by atoms with Crippen molar-refractivity contribution >= 4 is 11.8 Å². The maximum Gasteiger partial charge on any atom is 0.306 e. The summed E-state index contributed by atoms with van der Waals surface area (Å²) in [5, 5.41) is 0. The summed E-state index contributed by atoms with van der Waals surface area (Å²) in [6.07, 6.45) is 10.7. The lowest BCUT2D eigenvalue weighted by atomic mass is 9.49. The first-order valence-corrected chi connectivity index (χ1v) is 11.0. The van der Waals surface area contributed by atoms with Crippen LogP contribution in [0.1, 0.15) is 58.3 Å². The monoisotopic (exact) mass is 352 g/mol. The molecule has 3 nitrogen and oxygen atoms in total. The number of rotatable bonds is 0. The number of allylic oxidation sites excluding steroid dienone is 1. The Kier molecular flexibility index (Phi) is 2.46. The second-order valence-corrected chi connectivity index (χ2v) is 10.9. The van der Waals surface area contributed by atoms with Gasteiger partial charge in [-0.2, -0.15) is 0 Å². The van der Waals surface area contributed by atoms with E-state index in [1.165, 1.54) is 25.7 Å². The predicted molar refractivity (Wildman–Crippen MR) is 94.9 cm³/mol. The van der Waals surface area contributed by atoms with Gasteiger partial charge < -0.3 is 4.74 Å². The van der Waals surface area contributed by atoms with Crippen molar-refractivity contribution in [2.75, 3.05) is 0 Å². The van der Waals surface area contributed by atoms with Crippen LogP contribution in [0.2, 0.25) is 0 Å². The lowest BCUT2D eigenvalue weighted by molar-refractivity contribution is -0.174.